The molecule has 3 N–H and O–H groups in total. The van der Waals surface area contributed by atoms with Crippen LogP contribution in [0.25, 0.3) is 0 Å². The molecule has 0 amide bonds. The number of benzene rings is 1. The lowest BCUT2D eigenvalue weighted by Gasteiger charge is -2.73. The van der Waals surface area contributed by atoms with E-state index in [1.165, 1.54) is 6.20 Å². The third-order valence-electron chi connectivity index (χ3n) is 7.42. The Morgan fingerprint density at radius 2 is 1.76 bits per heavy atom. The molecule has 2 atom stereocenters. The summed E-state index contributed by atoms with van der Waals surface area (Å²) in [7, 11) is 0. The summed E-state index contributed by atoms with van der Waals surface area (Å²) < 4.78 is 98.7. The minimum absolute atomic E-state index is 0.0497. The Bertz CT molecular complexity index is 1300. The van der Waals surface area contributed by atoms with Crippen molar-refractivity contribution < 1.29 is 40.9 Å². The second-order valence-corrected chi connectivity index (χ2v) is 9.88. The second kappa shape index (κ2) is 8.56. The average molecular weight is 547 g/mol. The molecule has 2 bridgehead atoms. The summed E-state index contributed by atoms with van der Waals surface area (Å²) >= 11 is 0. The van der Waals surface area contributed by atoms with Crippen molar-refractivity contribution in [2.24, 2.45) is 5.41 Å². The molecular formula is C22H20F7N7O2. The van der Waals surface area contributed by atoms with Gasteiger partial charge < -0.3 is 15.5 Å². The van der Waals surface area contributed by atoms with Gasteiger partial charge in [0.2, 0.25) is 0 Å². The van der Waals surface area contributed by atoms with Gasteiger partial charge in [0.25, 0.3) is 5.92 Å². The molecule has 0 spiro atoms. The normalized spacial score (nSPS) is 25.2. The van der Waals surface area contributed by atoms with Crippen molar-refractivity contribution in [2.45, 2.75) is 55.0 Å². The molecule has 16 heteroatoms. The van der Waals surface area contributed by atoms with Gasteiger partial charge in [-0.05, 0) is 41.8 Å². The van der Waals surface area contributed by atoms with Crippen LogP contribution in [0.15, 0.2) is 36.9 Å². The fourth-order valence-corrected chi connectivity index (χ4v) is 5.51. The Kier molecular flexibility index (Phi) is 5.90. The third kappa shape index (κ3) is 3.97. The maximum absolute atomic E-state index is 16.2. The number of hydrogen-bond acceptors (Lipinski definition) is 8. The molecule has 3 saturated carbocycles. The first-order valence-corrected chi connectivity index (χ1v) is 11.3. The van der Waals surface area contributed by atoms with Crippen LogP contribution in [0.5, 0.6) is 0 Å². The largest absolute Gasteiger partial charge is 0.416 e. The monoisotopic (exact) mass is 547 g/mol. The van der Waals surface area contributed by atoms with Gasteiger partial charge in [-0.2, -0.15) is 13.2 Å². The van der Waals surface area contributed by atoms with Crippen LogP contribution in [0.4, 0.5) is 36.6 Å². The molecule has 0 unspecified atom stereocenters. The maximum Gasteiger partial charge on any atom is 0.416 e. The fraction of sp³-hybridized carbons (Fsp3) is 0.500. The fourth-order valence-electron chi connectivity index (χ4n) is 5.51. The number of nitrogens with one attached hydrogen (secondary N) is 1. The summed E-state index contributed by atoms with van der Waals surface area (Å²) in [6, 6.07) is 1.93. The van der Waals surface area contributed by atoms with Gasteiger partial charge in [-0.3, -0.25) is 4.98 Å². The third-order valence-corrected chi connectivity index (χ3v) is 7.42. The van der Waals surface area contributed by atoms with Crippen molar-refractivity contribution >= 4 is 5.82 Å². The smallest absolute Gasteiger partial charge is 0.382 e. The van der Waals surface area contributed by atoms with Gasteiger partial charge in [0, 0.05) is 22.5 Å². The van der Waals surface area contributed by atoms with E-state index in [0.717, 1.165) is 29.3 Å². The van der Waals surface area contributed by atoms with Crippen LogP contribution in [-0.4, -0.2) is 65.1 Å². The Labute approximate surface area is 209 Å². The van der Waals surface area contributed by atoms with Crippen molar-refractivity contribution in [1.82, 2.24) is 30.2 Å². The van der Waals surface area contributed by atoms with E-state index in [9.17, 15) is 27.1 Å². The highest BCUT2D eigenvalue weighted by molar-refractivity contribution is 5.41. The molecular weight excluding hydrogens is 527 g/mol. The van der Waals surface area contributed by atoms with Crippen molar-refractivity contribution in [1.29, 1.82) is 0 Å². The molecule has 6 rings (SSSR count). The molecule has 3 aliphatic carbocycles. The summed E-state index contributed by atoms with van der Waals surface area (Å²) in [6.07, 6.45) is -4.48. The van der Waals surface area contributed by atoms with Gasteiger partial charge in [-0.1, -0.05) is 0 Å². The molecule has 0 aliphatic heterocycles. The molecule has 0 radical (unpaired) electrons. The van der Waals surface area contributed by atoms with E-state index in [-0.39, 0.29) is 25.1 Å². The van der Waals surface area contributed by atoms with Gasteiger partial charge in [0.1, 0.15) is 23.8 Å². The lowest BCUT2D eigenvalue weighted by Crippen LogP contribution is -2.76. The van der Waals surface area contributed by atoms with Crippen LogP contribution in [0, 0.1) is 17.0 Å². The van der Waals surface area contributed by atoms with E-state index in [1.54, 1.807) is 0 Å². The zero-order valence-electron chi connectivity index (χ0n) is 19.3. The molecule has 38 heavy (non-hydrogen) atoms. The summed E-state index contributed by atoms with van der Waals surface area (Å²) in [4.78, 5) is 8.10. The molecule has 3 fully saturated rings. The predicted octanol–water partition coefficient (Wildman–Crippen LogP) is 2.72. The molecule has 2 aromatic heterocycles. The average Bonchev–Trinajstić information content (AvgIpc) is 3.28. The summed E-state index contributed by atoms with van der Waals surface area (Å²) in [6.45, 7) is -1.76. The molecule has 3 aromatic rings. The molecule has 1 aromatic carbocycles. The van der Waals surface area contributed by atoms with Crippen LogP contribution >= 0.6 is 0 Å². The zero-order chi connectivity index (χ0) is 27.6. The number of tetrazole rings is 1. The topological polar surface area (TPSA) is 122 Å². The Morgan fingerprint density at radius 1 is 1.05 bits per heavy atom. The molecule has 2 heterocycles. The van der Waals surface area contributed by atoms with Crippen molar-refractivity contribution in [3.8, 4) is 0 Å². The number of hydrogen-bond donors (Lipinski definition) is 3. The standard InChI is InChI=1S/C22H20F7N7O2/c23-12-1-2-13(14(24)3-12)20(38,10-36-11-33-34-35-36)22(28,29)19-7-18(8-19,9-19)15-4-31-17(6-30-15)32-5-16(37)21(25,26)27/h1-4,6,11,16,37-38H,5,7-10H2,(H,31,32)/t16-,18?,19?,20+/m0/s1. The Morgan fingerprint density at radius 3 is 2.32 bits per heavy atom. The van der Waals surface area contributed by atoms with Gasteiger partial charge in [0.05, 0.1) is 31.2 Å². The first-order chi connectivity index (χ1) is 17.7. The van der Waals surface area contributed by atoms with Crippen LogP contribution in [-0.2, 0) is 17.6 Å². The van der Waals surface area contributed by atoms with Crippen LogP contribution in [0.1, 0.15) is 30.5 Å². The van der Waals surface area contributed by atoms with Crippen LogP contribution in [0.2, 0.25) is 0 Å². The molecule has 0 saturated heterocycles. The maximum atomic E-state index is 16.2. The summed E-state index contributed by atoms with van der Waals surface area (Å²) in [5.41, 5.74) is -6.17. The number of halogens is 7. The predicted molar refractivity (Wildman–Crippen MR) is 114 cm³/mol. The first kappa shape index (κ1) is 26.2. The molecule has 3 aliphatic rings. The number of aliphatic hydroxyl groups excluding tert-OH is 1. The highest BCUT2D eigenvalue weighted by atomic mass is 19.4. The highest BCUT2D eigenvalue weighted by Gasteiger charge is 2.82. The van der Waals surface area contributed by atoms with E-state index in [1.807, 2.05) is 0 Å². The lowest BCUT2D eigenvalue weighted by atomic mass is 9.31. The van der Waals surface area contributed by atoms with Gasteiger partial charge >= 0.3 is 6.18 Å². The van der Waals surface area contributed by atoms with E-state index in [4.69, 9.17) is 5.11 Å². The Balaban J connectivity index is 1.35. The van der Waals surface area contributed by atoms with E-state index in [0.29, 0.717) is 11.8 Å². The Hall–Kier alpha value is -3.40. The number of aliphatic hydroxyl groups is 2. The quantitative estimate of drug-likeness (QED) is 0.350. The zero-order valence-corrected chi connectivity index (χ0v) is 19.3. The van der Waals surface area contributed by atoms with Crippen LogP contribution < -0.4 is 5.32 Å². The van der Waals surface area contributed by atoms with Gasteiger partial charge in [-0.15, -0.1) is 5.10 Å². The minimum atomic E-state index is -4.81. The number of aromatic nitrogens is 6. The first-order valence-electron chi connectivity index (χ1n) is 11.3. The van der Waals surface area contributed by atoms with Crippen molar-refractivity contribution in [2.75, 3.05) is 11.9 Å². The molecule has 9 nitrogen and oxygen atoms in total. The van der Waals surface area contributed by atoms with E-state index < -0.39 is 64.9 Å². The minimum Gasteiger partial charge on any atom is -0.382 e. The number of rotatable bonds is 9. The van der Waals surface area contributed by atoms with Gasteiger partial charge in [0.15, 0.2) is 11.7 Å². The lowest BCUT2D eigenvalue weighted by molar-refractivity contribution is -0.348. The summed E-state index contributed by atoms with van der Waals surface area (Å²) in [5.74, 6) is -6.33. The SMILES string of the molecule is O[C@@H](CNc1cnc(C23CC(C(F)(F)[C@@](O)(Cn4cnnn4)c4ccc(F)cc4F)(C2)C3)cn1)C(F)(F)F. The summed E-state index contributed by atoms with van der Waals surface area (Å²) in [5, 5.41) is 32.9. The number of alkyl halides is 5. The highest BCUT2D eigenvalue weighted by Crippen LogP contribution is 2.80. The van der Waals surface area contributed by atoms with Crippen LogP contribution in [0.3, 0.4) is 0 Å². The van der Waals surface area contributed by atoms with Crippen molar-refractivity contribution in [3.63, 3.8) is 0 Å². The number of anilines is 1. The van der Waals surface area contributed by atoms with Crippen molar-refractivity contribution in [3.05, 3.63) is 59.8 Å². The molecule has 204 valence electrons. The second-order valence-electron chi connectivity index (χ2n) is 9.88. The number of nitrogens with zero attached hydrogens (tertiary/aromatic N) is 6. The van der Waals surface area contributed by atoms with Gasteiger partial charge in [-0.25, -0.2) is 27.2 Å². The van der Waals surface area contributed by atoms with E-state index >= 15 is 8.78 Å². The van der Waals surface area contributed by atoms with E-state index in [2.05, 4.69) is 30.8 Å².